The smallest absolute Gasteiger partial charge is 0.230 e. The fourth-order valence-corrected chi connectivity index (χ4v) is 3.57. The molecule has 4 rings (SSSR count). The molecule has 0 atom stereocenters. The first-order valence-corrected chi connectivity index (χ1v) is 10.5. The van der Waals surface area contributed by atoms with Crippen LogP contribution in [0.3, 0.4) is 0 Å². The molecule has 9 heteroatoms. The van der Waals surface area contributed by atoms with Gasteiger partial charge in [-0.1, -0.05) is 41.1 Å². The van der Waals surface area contributed by atoms with E-state index >= 15 is 0 Å². The Morgan fingerprint density at radius 3 is 2.63 bits per heavy atom. The van der Waals surface area contributed by atoms with Crippen LogP contribution in [0.2, 0.25) is 5.02 Å². The molecule has 0 saturated carbocycles. The summed E-state index contributed by atoms with van der Waals surface area (Å²) in [5, 5.41) is 15.8. The van der Waals surface area contributed by atoms with Crippen LogP contribution in [-0.2, 0) is 11.3 Å². The van der Waals surface area contributed by atoms with Gasteiger partial charge in [0.05, 0.1) is 18.0 Å². The maximum atomic E-state index is 12.3. The summed E-state index contributed by atoms with van der Waals surface area (Å²) in [6.45, 7) is 2.32. The lowest BCUT2D eigenvalue weighted by Crippen LogP contribution is -2.24. The summed E-state index contributed by atoms with van der Waals surface area (Å²) in [5.74, 6) is 1.45. The molecule has 30 heavy (non-hydrogen) atoms. The Kier molecular flexibility index (Phi) is 6.15. The number of nitrogens with one attached hydrogen (secondary N) is 1. The second kappa shape index (κ2) is 9.15. The van der Waals surface area contributed by atoms with E-state index in [0.717, 1.165) is 22.6 Å². The molecule has 0 aliphatic heterocycles. The van der Waals surface area contributed by atoms with Crippen molar-refractivity contribution < 1.29 is 9.21 Å². The molecule has 0 aliphatic carbocycles. The minimum Gasteiger partial charge on any atom is -0.459 e. The van der Waals surface area contributed by atoms with E-state index in [0.29, 0.717) is 22.5 Å². The average Bonchev–Trinajstić information content (AvgIpc) is 3.41. The molecule has 7 nitrogen and oxygen atoms in total. The van der Waals surface area contributed by atoms with Crippen molar-refractivity contribution >= 4 is 29.3 Å². The van der Waals surface area contributed by atoms with Crippen molar-refractivity contribution in [2.75, 3.05) is 5.75 Å². The molecular formula is C21H18ClN5O2S. The van der Waals surface area contributed by atoms with Crippen molar-refractivity contribution in [2.45, 2.75) is 18.6 Å². The van der Waals surface area contributed by atoms with Gasteiger partial charge in [-0.15, -0.1) is 5.10 Å². The number of aromatic nitrogens is 4. The number of benzene rings is 2. The first-order chi connectivity index (χ1) is 14.6. The second-order valence-electron chi connectivity index (χ2n) is 6.55. The molecule has 0 spiro atoms. The van der Waals surface area contributed by atoms with Gasteiger partial charge < -0.3 is 9.73 Å². The van der Waals surface area contributed by atoms with Crippen LogP contribution in [0.5, 0.6) is 0 Å². The highest BCUT2D eigenvalue weighted by atomic mass is 35.5. The van der Waals surface area contributed by atoms with Gasteiger partial charge in [-0.3, -0.25) is 4.79 Å². The molecule has 0 fully saturated rings. The zero-order valence-electron chi connectivity index (χ0n) is 16.1. The minimum absolute atomic E-state index is 0.136. The minimum atomic E-state index is -0.136. The topological polar surface area (TPSA) is 85.8 Å². The zero-order valence-corrected chi connectivity index (χ0v) is 17.7. The maximum absolute atomic E-state index is 12.3. The van der Waals surface area contributed by atoms with Crippen LogP contribution in [0.1, 0.15) is 11.3 Å². The predicted molar refractivity (Wildman–Crippen MR) is 116 cm³/mol. The number of hydrogen-bond acceptors (Lipinski definition) is 6. The van der Waals surface area contributed by atoms with Crippen LogP contribution in [-0.4, -0.2) is 31.9 Å². The molecule has 4 aromatic rings. The molecule has 0 unspecified atom stereocenters. The molecule has 2 aromatic carbocycles. The molecule has 1 N–H and O–H groups in total. The van der Waals surface area contributed by atoms with Crippen molar-refractivity contribution in [1.82, 2.24) is 25.5 Å². The third kappa shape index (κ3) is 4.90. The van der Waals surface area contributed by atoms with Gasteiger partial charge in [0, 0.05) is 10.6 Å². The van der Waals surface area contributed by atoms with Crippen molar-refractivity contribution in [3.63, 3.8) is 0 Å². The number of thioether (sulfide) groups is 1. The first-order valence-electron chi connectivity index (χ1n) is 9.18. The Hall–Kier alpha value is -3.10. The summed E-state index contributed by atoms with van der Waals surface area (Å²) in [6, 6.07) is 18.9. The van der Waals surface area contributed by atoms with E-state index in [2.05, 4.69) is 20.8 Å². The lowest BCUT2D eigenvalue weighted by atomic mass is 10.2. The molecule has 0 bridgehead atoms. The standard InChI is InChI=1S/C21H18ClN5O2S/c1-14-2-8-17(9-3-14)27-21(24-25-26-27)30-13-20(28)23-12-18-10-11-19(29-18)15-4-6-16(22)7-5-15/h2-11H,12-13H2,1H3,(H,23,28). The normalized spacial score (nSPS) is 10.9. The van der Waals surface area contributed by atoms with Crippen molar-refractivity contribution in [1.29, 1.82) is 0 Å². The third-order valence-electron chi connectivity index (χ3n) is 4.30. The first kappa shape index (κ1) is 20.2. The van der Waals surface area contributed by atoms with E-state index in [1.165, 1.54) is 11.8 Å². The maximum Gasteiger partial charge on any atom is 0.230 e. The molecule has 0 aliphatic rings. The monoisotopic (exact) mass is 439 g/mol. The van der Waals surface area contributed by atoms with Crippen LogP contribution in [0.15, 0.2) is 70.2 Å². The number of hydrogen-bond donors (Lipinski definition) is 1. The number of nitrogens with zero attached hydrogens (tertiary/aromatic N) is 4. The summed E-state index contributed by atoms with van der Waals surface area (Å²) in [7, 11) is 0. The largest absolute Gasteiger partial charge is 0.459 e. The van der Waals surface area contributed by atoms with Crippen LogP contribution >= 0.6 is 23.4 Å². The molecule has 152 valence electrons. The highest BCUT2D eigenvalue weighted by molar-refractivity contribution is 7.99. The molecule has 0 radical (unpaired) electrons. The number of furan rings is 1. The van der Waals surface area contributed by atoms with Gasteiger partial charge in [0.15, 0.2) is 0 Å². The zero-order chi connectivity index (χ0) is 20.9. The third-order valence-corrected chi connectivity index (χ3v) is 5.47. The molecule has 2 aromatic heterocycles. The fraction of sp³-hybridized carbons (Fsp3) is 0.143. The Morgan fingerprint density at radius 1 is 1.10 bits per heavy atom. The second-order valence-corrected chi connectivity index (χ2v) is 7.93. The van der Waals surface area contributed by atoms with Gasteiger partial charge in [-0.2, -0.15) is 4.68 Å². The predicted octanol–water partition coefficient (Wildman–Crippen LogP) is 4.29. The van der Waals surface area contributed by atoms with Crippen molar-refractivity contribution in [2.24, 2.45) is 0 Å². The fourth-order valence-electron chi connectivity index (χ4n) is 2.73. The van der Waals surface area contributed by atoms with Crippen LogP contribution in [0.25, 0.3) is 17.0 Å². The van der Waals surface area contributed by atoms with Gasteiger partial charge in [-0.25, -0.2) is 0 Å². The van der Waals surface area contributed by atoms with E-state index in [1.807, 2.05) is 67.6 Å². The number of amides is 1. The quantitative estimate of drug-likeness (QED) is 0.432. The van der Waals surface area contributed by atoms with Crippen molar-refractivity contribution in [3.8, 4) is 17.0 Å². The van der Waals surface area contributed by atoms with Crippen LogP contribution < -0.4 is 5.32 Å². The average molecular weight is 440 g/mol. The summed E-state index contributed by atoms with van der Waals surface area (Å²) >= 11 is 7.18. The number of aryl methyl sites for hydroxylation is 1. The Morgan fingerprint density at radius 2 is 1.87 bits per heavy atom. The summed E-state index contributed by atoms with van der Waals surface area (Å²) < 4.78 is 7.41. The highest BCUT2D eigenvalue weighted by Gasteiger charge is 2.12. The van der Waals surface area contributed by atoms with E-state index in [9.17, 15) is 4.79 Å². The summed E-state index contributed by atoms with van der Waals surface area (Å²) in [4.78, 5) is 12.3. The Bertz CT molecular complexity index is 1140. The van der Waals surface area contributed by atoms with Crippen LogP contribution in [0, 0.1) is 6.92 Å². The van der Waals surface area contributed by atoms with Crippen LogP contribution in [0.4, 0.5) is 0 Å². The van der Waals surface area contributed by atoms with Gasteiger partial charge in [0.2, 0.25) is 11.1 Å². The number of carbonyl (C=O) groups excluding carboxylic acids is 1. The van der Waals surface area contributed by atoms with Gasteiger partial charge in [-0.05, 0) is 65.9 Å². The van der Waals surface area contributed by atoms with Crippen molar-refractivity contribution in [3.05, 3.63) is 77.0 Å². The molecule has 1 amide bonds. The van der Waals surface area contributed by atoms with E-state index in [4.69, 9.17) is 16.0 Å². The van der Waals surface area contributed by atoms with E-state index in [-0.39, 0.29) is 11.7 Å². The number of rotatable bonds is 7. The van der Waals surface area contributed by atoms with E-state index < -0.39 is 0 Å². The molecule has 0 saturated heterocycles. The van der Waals surface area contributed by atoms with Gasteiger partial charge in [0.25, 0.3) is 0 Å². The molecular weight excluding hydrogens is 422 g/mol. The lowest BCUT2D eigenvalue weighted by molar-refractivity contribution is -0.118. The Balaban J connectivity index is 1.31. The van der Waals surface area contributed by atoms with Gasteiger partial charge >= 0.3 is 0 Å². The Labute approximate surface area is 182 Å². The number of halogens is 1. The number of carbonyl (C=O) groups is 1. The summed E-state index contributed by atoms with van der Waals surface area (Å²) in [6.07, 6.45) is 0. The lowest BCUT2D eigenvalue weighted by Gasteiger charge is -2.05. The SMILES string of the molecule is Cc1ccc(-n2nnnc2SCC(=O)NCc2ccc(-c3ccc(Cl)cc3)o2)cc1. The highest BCUT2D eigenvalue weighted by Crippen LogP contribution is 2.24. The van der Waals surface area contributed by atoms with E-state index in [1.54, 1.807) is 4.68 Å². The molecule has 2 heterocycles. The summed E-state index contributed by atoms with van der Waals surface area (Å²) in [5.41, 5.74) is 2.92. The number of tetrazole rings is 1. The van der Waals surface area contributed by atoms with Gasteiger partial charge in [0.1, 0.15) is 11.5 Å².